The van der Waals surface area contributed by atoms with Crippen molar-refractivity contribution in [1.82, 2.24) is 0 Å². The van der Waals surface area contributed by atoms with Gasteiger partial charge in [-0.25, -0.2) is 0 Å². The van der Waals surface area contributed by atoms with E-state index in [1.165, 1.54) is 6.42 Å². The van der Waals surface area contributed by atoms with Crippen LogP contribution < -0.4 is 0 Å². The van der Waals surface area contributed by atoms with Crippen LogP contribution in [-0.4, -0.2) is 10.9 Å². The van der Waals surface area contributed by atoms with Crippen LogP contribution in [0, 0.1) is 0 Å². The second kappa shape index (κ2) is 4.67. The second-order valence-corrected chi connectivity index (χ2v) is 4.32. The van der Waals surface area contributed by atoms with E-state index in [0.717, 1.165) is 35.6 Å². The molecule has 1 atom stereocenters. The molecule has 15 heavy (non-hydrogen) atoms. The van der Waals surface area contributed by atoms with Crippen LogP contribution in [0.3, 0.4) is 0 Å². The monoisotopic (exact) mass is 223 g/mol. The number of halogens is 1. The van der Waals surface area contributed by atoms with E-state index in [2.05, 4.69) is 5.16 Å². The number of hydrogen-bond acceptors (Lipinski definition) is 2. The van der Waals surface area contributed by atoms with Crippen molar-refractivity contribution in [3.8, 4) is 0 Å². The third-order valence-electron chi connectivity index (χ3n) is 2.99. The van der Waals surface area contributed by atoms with Crippen molar-refractivity contribution in [1.29, 1.82) is 0 Å². The summed E-state index contributed by atoms with van der Waals surface area (Å²) in [7, 11) is 0. The Labute approximate surface area is 94.6 Å². The molecule has 0 bridgehead atoms. The zero-order valence-corrected chi connectivity index (χ0v) is 9.24. The van der Waals surface area contributed by atoms with Gasteiger partial charge in [0.05, 0.1) is 5.71 Å². The molecule has 0 heterocycles. The minimum absolute atomic E-state index is 0.206. The van der Waals surface area contributed by atoms with Crippen molar-refractivity contribution in [2.24, 2.45) is 5.16 Å². The topological polar surface area (TPSA) is 32.6 Å². The number of hydrogen-bond donors (Lipinski definition) is 1. The quantitative estimate of drug-likeness (QED) is 0.570. The summed E-state index contributed by atoms with van der Waals surface area (Å²) in [6.07, 6.45) is 4.20. The Morgan fingerprint density at radius 2 is 2.07 bits per heavy atom. The van der Waals surface area contributed by atoms with Gasteiger partial charge in [0.2, 0.25) is 0 Å². The van der Waals surface area contributed by atoms with Crippen LogP contribution >= 0.6 is 11.6 Å². The van der Waals surface area contributed by atoms with E-state index >= 15 is 0 Å². The summed E-state index contributed by atoms with van der Waals surface area (Å²) in [5, 5.41) is 13.1. The SMILES string of the molecule is O/N=C1\CCCCC1c1ccccc1Cl. The Kier molecular flexibility index (Phi) is 3.27. The molecular formula is C12H14ClNO. The minimum Gasteiger partial charge on any atom is -0.411 e. The first kappa shape index (κ1) is 10.5. The standard InChI is InChI=1S/C12H14ClNO/c13-11-7-3-1-5-9(11)10-6-2-4-8-12(10)14-15/h1,3,5,7,10,15H,2,4,6,8H2/b14-12+. The lowest BCUT2D eigenvalue weighted by Gasteiger charge is -2.23. The average molecular weight is 224 g/mol. The molecule has 0 aromatic heterocycles. The maximum absolute atomic E-state index is 8.96. The highest BCUT2D eigenvalue weighted by Gasteiger charge is 2.24. The van der Waals surface area contributed by atoms with Gasteiger partial charge in [0.1, 0.15) is 0 Å². The van der Waals surface area contributed by atoms with Gasteiger partial charge in [0.15, 0.2) is 0 Å². The van der Waals surface area contributed by atoms with Gasteiger partial charge < -0.3 is 5.21 Å². The predicted octanol–water partition coefficient (Wildman–Crippen LogP) is 3.83. The fraction of sp³-hybridized carbons (Fsp3) is 0.417. The molecule has 0 saturated heterocycles. The number of benzene rings is 1. The molecule has 1 aliphatic rings. The molecule has 0 aliphatic heterocycles. The highest BCUT2D eigenvalue weighted by Crippen LogP contribution is 2.34. The zero-order valence-electron chi connectivity index (χ0n) is 8.49. The van der Waals surface area contributed by atoms with Gasteiger partial charge in [-0.3, -0.25) is 0 Å². The summed E-state index contributed by atoms with van der Waals surface area (Å²) in [6.45, 7) is 0. The van der Waals surface area contributed by atoms with E-state index in [9.17, 15) is 0 Å². The van der Waals surface area contributed by atoms with Gasteiger partial charge in [0.25, 0.3) is 0 Å². The molecule has 2 rings (SSSR count). The van der Waals surface area contributed by atoms with Crippen LogP contribution in [0.25, 0.3) is 0 Å². The van der Waals surface area contributed by atoms with Crippen molar-refractivity contribution >= 4 is 17.3 Å². The largest absolute Gasteiger partial charge is 0.411 e. The molecule has 3 heteroatoms. The summed E-state index contributed by atoms with van der Waals surface area (Å²) in [4.78, 5) is 0. The van der Waals surface area contributed by atoms with E-state index in [1.807, 2.05) is 24.3 Å². The van der Waals surface area contributed by atoms with Crippen LogP contribution in [0.4, 0.5) is 0 Å². The van der Waals surface area contributed by atoms with E-state index in [-0.39, 0.29) is 5.92 Å². The first-order chi connectivity index (χ1) is 7.33. The molecule has 1 saturated carbocycles. The molecule has 1 N–H and O–H groups in total. The van der Waals surface area contributed by atoms with Crippen LogP contribution in [0.5, 0.6) is 0 Å². The molecule has 1 aromatic rings. The van der Waals surface area contributed by atoms with E-state index in [1.54, 1.807) is 0 Å². The minimum atomic E-state index is 0.206. The lowest BCUT2D eigenvalue weighted by atomic mass is 9.82. The zero-order chi connectivity index (χ0) is 10.7. The van der Waals surface area contributed by atoms with Crippen LogP contribution in [0.2, 0.25) is 5.02 Å². The molecular weight excluding hydrogens is 210 g/mol. The number of rotatable bonds is 1. The molecule has 0 radical (unpaired) electrons. The normalized spacial score (nSPS) is 24.3. The maximum atomic E-state index is 8.96. The molecule has 1 unspecified atom stereocenters. The van der Waals surface area contributed by atoms with Gasteiger partial charge in [-0.2, -0.15) is 0 Å². The maximum Gasteiger partial charge on any atom is 0.0645 e. The molecule has 0 spiro atoms. The predicted molar refractivity (Wildman–Crippen MR) is 61.9 cm³/mol. The summed E-state index contributed by atoms with van der Waals surface area (Å²) in [6, 6.07) is 7.80. The highest BCUT2D eigenvalue weighted by molar-refractivity contribution is 6.31. The van der Waals surface area contributed by atoms with E-state index in [4.69, 9.17) is 16.8 Å². The average Bonchev–Trinajstić information content (AvgIpc) is 2.30. The molecule has 1 aliphatic carbocycles. The highest BCUT2D eigenvalue weighted by atomic mass is 35.5. The molecule has 1 aromatic carbocycles. The Balaban J connectivity index is 2.33. The Morgan fingerprint density at radius 3 is 2.80 bits per heavy atom. The van der Waals surface area contributed by atoms with Gasteiger partial charge in [-0.15, -0.1) is 0 Å². The third kappa shape index (κ3) is 2.15. The van der Waals surface area contributed by atoms with Gasteiger partial charge in [0, 0.05) is 10.9 Å². The van der Waals surface area contributed by atoms with Crippen LogP contribution in [0.15, 0.2) is 29.4 Å². The Bertz CT molecular complexity index is 376. The van der Waals surface area contributed by atoms with Crippen molar-refractivity contribution in [3.05, 3.63) is 34.9 Å². The van der Waals surface area contributed by atoms with Crippen molar-refractivity contribution in [2.45, 2.75) is 31.6 Å². The lowest BCUT2D eigenvalue weighted by Crippen LogP contribution is -2.17. The summed E-state index contributed by atoms with van der Waals surface area (Å²) in [5.74, 6) is 0.206. The number of oxime groups is 1. The van der Waals surface area contributed by atoms with Crippen molar-refractivity contribution in [3.63, 3.8) is 0 Å². The van der Waals surface area contributed by atoms with Crippen molar-refractivity contribution in [2.75, 3.05) is 0 Å². The summed E-state index contributed by atoms with van der Waals surface area (Å²) >= 11 is 6.14. The Morgan fingerprint density at radius 1 is 1.27 bits per heavy atom. The third-order valence-corrected chi connectivity index (χ3v) is 3.33. The van der Waals surface area contributed by atoms with E-state index in [0.29, 0.717) is 0 Å². The van der Waals surface area contributed by atoms with Gasteiger partial charge >= 0.3 is 0 Å². The second-order valence-electron chi connectivity index (χ2n) is 3.91. The Hall–Kier alpha value is -1.02. The van der Waals surface area contributed by atoms with Crippen molar-refractivity contribution < 1.29 is 5.21 Å². The number of nitrogens with zero attached hydrogens (tertiary/aromatic N) is 1. The fourth-order valence-electron chi connectivity index (χ4n) is 2.21. The summed E-state index contributed by atoms with van der Waals surface area (Å²) < 4.78 is 0. The van der Waals surface area contributed by atoms with E-state index < -0.39 is 0 Å². The molecule has 2 nitrogen and oxygen atoms in total. The summed E-state index contributed by atoms with van der Waals surface area (Å²) in [5.41, 5.74) is 1.96. The molecule has 1 fully saturated rings. The van der Waals surface area contributed by atoms with Crippen LogP contribution in [-0.2, 0) is 0 Å². The molecule has 80 valence electrons. The van der Waals surface area contributed by atoms with Crippen LogP contribution in [0.1, 0.15) is 37.2 Å². The first-order valence-electron chi connectivity index (χ1n) is 5.28. The lowest BCUT2D eigenvalue weighted by molar-refractivity contribution is 0.312. The molecule has 0 amide bonds. The van der Waals surface area contributed by atoms with Gasteiger partial charge in [-0.05, 0) is 30.9 Å². The first-order valence-corrected chi connectivity index (χ1v) is 5.66. The van der Waals surface area contributed by atoms with Gasteiger partial charge in [-0.1, -0.05) is 41.4 Å². The smallest absolute Gasteiger partial charge is 0.0645 e. The fourth-order valence-corrected chi connectivity index (χ4v) is 2.48.